The molecule has 31 heavy (non-hydrogen) atoms. The van der Waals surface area contributed by atoms with Gasteiger partial charge in [-0.3, -0.25) is 5.10 Å². The minimum absolute atomic E-state index is 0.754. The molecule has 6 rings (SSSR count). The van der Waals surface area contributed by atoms with Crippen molar-refractivity contribution in [2.24, 2.45) is 0 Å². The van der Waals surface area contributed by atoms with Crippen molar-refractivity contribution < 1.29 is 4.74 Å². The van der Waals surface area contributed by atoms with Crippen LogP contribution in [0.5, 0.6) is 0 Å². The molecule has 0 aliphatic carbocycles. The SMILES string of the molecule is c1ccc(N2CCOCC2)c(Nc2cc(-c3ccc4cn[nH]c4c3)cn3ccnc23)c1. The summed E-state index contributed by atoms with van der Waals surface area (Å²) in [6.45, 7) is 3.29. The third kappa shape index (κ3) is 3.29. The second-order valence-electron chi connectivity index (χ2n) is 7.71. The Balaban J connectivity index is 1.43. The molecule has 0 amide bonds. The van der Waals surface area contributed by atoms with E-state index in [1.54, 1.807) is 0 Å². The fourth-order valence-corrected chi connectivity index (χ4v) is 4.20. The minimum Gasteiger partial charge on any atom is -0.378 e. The number of benzene rings is 2. The van der Waals surface area contributed by atoms with Gasteiger partial charge < -0.3 is 19.4 Å². The zero-order valence-corrected chi connectivity index (χ0v) is 17.0. The van der Waals surface area contributed by atoms with Crippen LogP contribution in [0, 0.1) is 0 Å². The predicted molar refractivity (Wildman–Crippen MR) is 123 cm³/mol. The molecule has 1 fully saturated rings. The van der Waals surface area contributed by atoms with Gasteiger partial charge >= 0.3 is 0 Å². The highest BCUT2D eigenvalue weighted by molar-refractivity contribution is 5.87. The van der Waals surface area contributed by atoms with Crippen molar-refractivity contribution in [3.63, 3.8) is 0 Å². The average molecular weight is 410 g/mol. The number of H-pyrrole nitrogens is 1. The van der Waals surface area contributed by atoms with Gasteiger partial charge in [0, 0.05) is 42.6 Å². The van der Waals surface area contributed by atoms with Crippen LogP contribution in [0.2, 0.25) is 0 Å². The van der Waals surface area contributed by atoms with Crippen molar-refractivity contribution in [1.82, 2.24) is 19.6 Å². The van der Waals surface area contributed by atoms with E-state index in [1.807, 2.05) is 18.6 Å². The number of para-hydroxylation sites is 2. The van der Waals surface area contributed by atoms with E-state index in [9.17, 15) is 0 Å². The van der Waals surface area contributed by atoms with Crippen molar-refractivity contribution in [2.45, 2.75) is 0 Å². The van der Waals surface area contributed by atoms with E-state index in [1.165, 1.54) is 5.69 Å². The Labute approximate surface area is 179 Å². The Bertz CT molecular complexity index is 1370. The molecule has 1 aliphatic heterocycles. The third-order valence-electron chi connectivity index (χ3n) is 5.79. The number of aromatic nitrogens is 4. The monoisotopic (exact) mass is 410 g/mol. The molecule has 3 aromatic heterocycles. The first-order valence-electron chi connectivity index (χ1n) is 10.4. The standard InChI is InChI=1S/C24H22N6O/c1-2-4-23(29-9-11-31-12-10-29)20(3-1)27-22-14-19(16-30-8-7-25-24(22)30)17-5-6-18-15-26-28-21(18)13-17/h1-8,13-16,27H,9-12H2,(H,26,28). The van der Waals surface area contributed by atoms with Crippen molar-refractivity contribution in [2.75, 3.05) is 36.5 Å². The summed E-state index contributed by atoms with van der Waals surface area (Å²) in [5.41, 5.74) is 7.35. The molecule has 0 radical (unpaired) electrons. The number of imidazole rings is 1. The molecule has 0 spiro atoms. The summed E-state index contributed by atoms with van der Waals surface area (Å²) in [5, 5.41) is 12.0. The lowest BCUT2D eigenvalue weighted by Crippen LogP contribution is -2.36. The number of hydrogen-bond donors (Lipinski definition) is 2. The number of morpholine rings is 1. The predicted octanol–water partition coefficient (Wildman–Crippen LogP) is 4.46. The fourth-order valence-electron chi connectivity index (χ4n) is 4.20. The summed E-state index contributed by atoms with van der Waals surface area (Å²) in [7, 11) is 0. The average Bonchev–Trinajstić information content (AvgIpc) is 3.49. The summed E-state index contributed by atoms with van der Waals surface area (Å²) in [6, 6.07) is 16.9. The van der Waals surface area contributed by atoms with Gasteiger partial charge in [-0.15, -0.1) is 0 Å². The second kappa shape index (κ2) is 7.45. The second-order valence-corrected chi connectivity index (χ2v) is 7.71. The summed E-state index contributed by atoms with van der Waals surface area (Å²) in [4.78, 5) is 6.95. The number of anilines is 3. The molecule has 0 atom stereocenters. The summed E-state index contributed by atoms with van der Waals surface area (Å²) in [6.07, 6.45) is 7.76. The largest absolute Gasteiger partial charge is 0.378 e. The number of hydrogen-bond acceptors (Lipinski definition) is 5. The first-order valence-corrected chi connectivity index (χ1v) is 10.4. The summed E-state index contributed by atoms with van der Waals surface area (Å²) >= 11 is 0. The molecular formula is C24H22N6O. The van der Waals surface area contributed by atoms with Crippen LogP contribution in [0.1, 0.15) is 0 Å². The quantitative estimate of drug-likeness (QED) is 0.458. The summed E-state index contributed by atoms with van der Waals surface area (Å²) in [5.74, 6) is 0. The Morgan fingerprint density at radius 3 is 2.81 bits per heavy atom. The third-order valence-corrected chi connectivity index (χ3v) is 5.79. The maximum atomic E-state index is 5.53. The number of aromatic amines is 1. The maximum absolute atomic E-state index is 5.53. The number of fused-ring (bicyclic) bond motifs is 2. The molecule has 2 aromatic carbocycles. The van der Waals surface area contributed by atoms with Crippen molar-refractivity contribution in [1.29, 1.82) is 0 Å². The van der Waals surface area contributed by atoms with Crippen molar-refractivity contribution in [3.05, 3.63) is 73.3 Å². The van der Waals surface area contributed by atoms with Crippen LogP contribution in [0.3, 0.4) is 0 Å². The molecule has 4 heterocycles. The summed E-state index contributed by atoms with van der Waals surface area (Å²) < 4.78 is 7.60. The number of ether oxygens (including phenoxy) is 1. The van der Waals surface area contributed by atoms with Gasteiger partial charge in [0.2, 0.25) is 0 Å². The lowest BCUT2D eigenvalue weighted by Gasteiger charge is -2.30. The Kier molecular flexibility index (Phi) is 4.32. The number of rotatable bonds is 4. The molecule has 7 heteroatoms. The molecule has 2 N–H and O–H groups in total. The highest BCUT2D eigenvalue weighted by Gasteiger charge is 2.16. The molecule has 0 unspecified atom stereocenters. The van der Waals surface area contributed by atoms with E-state index in [-0.39, 0.29) is 0 Å². The first kappa shape index (κ1) is 18.0. The van der Waals surface area contributed by atoms with Gasteiger partial charge in [-0.25, -0.2) is 4.98 Å². The van der Waals surface area contributed by atoms with Crippen LogP contribution < -0.4 is 10.2 Å². The number of pyridine rings is 1. The highest BCUT2D eigenvalue weighted by atomic mass is 16.5. The number of nitrogens with zero attached hydrogens (tertiary/aromatic N) is 4. The van der Waals surface area contributed by atoms with Gasteiger partial charge in [0.05, 0.1) is 42.0 Å². The van der Waals surface area contributed by atoms with Crippen molar-refractivity contribution >= 4 is 33.6 Å². The van der Waals surface area contributed by atoms with Crippen molar-refractivity contribution in [3.8, 4) is 11.1 Å². The lowest BCUT2D eigenvalue weighted by atomic mass is 10.1. The molecular weight excluding hydrogens is 388 g/mol. The van der Waals surface area contributed by atoms with E-state index in [4.69, 9.17) is 4.74 Å². The molecule has 0 saturated carbocycles. The van der Waals surface area contributed by atoms with Crippen LogP contribution in [-0.2, 0) is 4.74 Å². The topological polar surface area (TPSA) is 70.5 Å². The molecule has 0 bridgehead atoms. The Morgan fingerprint density at radius 2 is 1.87 bits per heavy atom. The maximum Gasteiger partial charge on any atom is 0.160 e. The Hall–Kier alpha value is -3.84. The van der Waals surface area contributed by atoms with Gasteiger partial charge in [0.1, 0.15) is 0 Å². The van der Waals surface area contributed by atoms with Crippen LogP contribution in [-0.4, -0.2) is 45.9 Å². The van der Waals surface area contributed by atoms with Gasteiger partial charge in [-0.1, -0.05) is 24.3 Å². The zero-order chi connectivity index (χ0) is 20.6. The van der Waals surface area contributed by atoms with Crippen LogP contribution in [0.4, 0.5) is 17.1 Å². The fraction of sp³-hybridized carbons (Fsp3) is 0.167. The normalized spacial score (nSPS) is 14.4. The minimum atomic E-state index is 0.754. The van der Waals surface area contributed by atoms with E-state index in [0.29, 0.717) is 0 Å². The van der Waals surface area contributed by atoms with E-state index >= 15 is 0 Å². The van der Waals surface area contributed by atoms with Gasteiger partial charge in [0.15, 0.2) is 5.65 Å². The smallest absolute Gasteiger partial charge is 0.160 e. The van der Waals surface area contributed by atoms with Crippen LogP contribution in [0.15, 0.2) is 73.3 Å². The molecule has 7 nitrogen and oxygen atoms in total. The molecule has 5 aromatic rings. The molecule has 1 aliphatic rings. The van der Waals surface area contributed by atoms with Gasteiger partial charge in [0.25, 0.3) is 0 Å². The van der Waals surface area contributed by atoms with Crippen LogP contribution in [0.25, 0.3) is 27.7 Å². The highest BCUT2D eigenvalue weighted by Crippen LogP contribution is 2.33. The first-order chi connectivity index (χ1) is 15.3. The zero-order valence-electron chi connectivity index (χ0n) is 17.0. The molecule has 154 valence electrons. The number of nitrogens with one attached hydrogen (secondary N) is 2. The Morgan fingerprint density at radius 1 is 0.968 bits per heavy atom. The van der Waals surface area contributed by atoms with E-state index in [0.717, 1.165) is 65.4 Å². The van der Waals surface area contributed by atoms with Gasteiger partial charge in [-0.05, 0) is 29.8 Å². The van der Waals surface area contributed by atoms with E-state index < -0.39 is 0 Å². The van der Waals surface area contributed by atoms with E-state index in [2.05, 4.69) is 84.5 Å². The lowest BCUT2D eigenvalue weighted by molar-refractivity contribution is 0.123. The van der Waals surface area contributed by atoms with Crippen LogP contribution >= 0.6 is 0 Å². The molecule has 1 saturated heterocycles. The van der Waals surface area contributed by atoms with Gasteiger partial charge in [-0.2, -0.15) is 5.10 Å².